The molecule has 0 saturated carbocycles. The van der Waals surface area contributed by atoms with E-state index in [-0.39, 0.29) is 22.7 Å². The van der Waals surface area contributed by atoms with Crippen molar-refractivity contribution in [2.24, 2.45) is 0 Å². The summed E-state index contributed by atoms with van der Waals surface area (Å²) in [5, 5.41) is 10.7. The van der Waals surface area contributed by atoms with E-state index in [1.54, 1.807) is 23.3 Å². The summed E-state index contributed by atoms with van der Waals surface area (Å²) in [4.78, 5) is 24.4. The summed E-state index contributed by atoms with van der Waals surface area (Å²) in [7, 11) is 0. The number of ether oxygens (including phenoxy) is 1. The number of halogens is 1. The van der Waals surface area contributed by atoms with Gasteiger partial charge in [0.15, 0.2) is 0 Å². The Balaban J connectivity index is 1.77. The first-order valence-corrected chi connectivity index (χ1v) is 7.32. The number of benzene rings is 1. The molecule has 1 aromatic heterocycles. The first kappa shape index (κ1) is 15.5. The Morgan fingerprint density at radius 1 is 1.39 bits per heavy atom. The highest BCUT2D eigenvalue weighted by molar-refractivity contribution is 6.33. The summed E-state index contributed by atoms with van der Waals surface area (Å²) >= 11 is 5.87. The lowest BCUT2D eigenvalue weighted by molar-refractivity contribution is -0.384. The zero-order valence-electron chi connectivity index (χ0n) is 12.0. The Morgan fingerprint density at radius 2 is 2.22 bits per heavy atom. The van der Waals surface area contributed by atoms with Crippen LogP contribution < -0.4 is 0 Å². The van der Waals surface area contributed by atoms with Gasteiger partial charge in [0.05, 0.1) is 24.3 Å². The minimum Gasteiger partial charge on any atom is -0.467 e. The molecule has 1 saturated heterocycles. The molecule has 0 N–H and O–H groups in total. The Morgan fingerprint density at radius 3 is 2.87 bits per heavy atom. The fourth-order valence-electron chi connectivity index (χ4n) is 2.45. The number of morpholine rings is 1. The molecule has 1 aromatic carbocycles. The van der Waals surface area contributed by atoms with Gasteiger partial charge in [-0.1, -0.05) is 11.6 Å². The van der Waals surface area contributed by atoms with Gasteiger partial charge in [0.1, 0.15) is 16.9 Å². The fourth-order valence-corrected chi connectivity index (χ4v) is 2.70. The predicted octanol–water partition coefficient (Wildman–Crippen LogP) is 3.05. The number of nitro benzene ring substituents is 1. The third-order valence-electron chi connectivity index (χ3n) is 3.61. The molecule has 2 aromatic rings. The predicted molar refractivity (Wildman–Crippen MR) is 81.4 cm³/mol. The third kappa shape index (κ3) is 3.20. The van der Waals surface area contributed by atoms with Crippen LogP contribution in [0.2, 0.25) is 5.02 Å². The molecule has 0 radical (unpaired) electrons. The van der Waals surface area contributed by atoms with Gasteiger partial charge in [0, 0.05) is 18.2 Å². The zero-order valence-corrected chi connectivity index (χ0v) is 12.7. The molecule has 120 valence electrons. The highest BCUT2D eigenvalue weighted by Gasteiger charge is 2.28. The highest BCUT2D eigenvalue weighted by atomic mass is 35.5. The molecule has 0 spiro atoms. The van der Waals surface area contributed by atoms with Crippen molar-refractivity contribution in [3.05, 3.63) is 63.1 Å². The molecular formula is C15H13ClN2O5. The van der Waals surface area contributed by atoms with E-state index in [4.69, 9.17) is 20.8 Å². The maximum absolute atomic E-state index is 12.6. The first-order valence-electron chi connectivity index (χ1n) is 6.94. The third-order valence-corrected chi connectivity index (χ3v) is 3.91. The maximum atomic E-state index is 12.6. The smallest absolute Gasteiger partial charge is 0.287 e. The molecule has 0 bridgehead atoms. The maximum Gasteiger partial charge on any atom is 0.287 e. The number of hydrogen-bond acceptors (Lipinski definition) is 5. The Kier molecular flexibility index (Phi) is 4.31. The minimum absolute atomic E-state index is 0.0586. The molecular weight excluding hydrogens is 324 g/mol. The monoisotopic (exact) mass is 336 g/mol. The highest BCUT2D eigenvalue weighted by Crippen LogP contribution is 2.27. The molecule has 0 aliphatic carbocycles. The lowest BCUT2D eigenvalue weighted by Crippen LogP contribution is -2.42. The van der Waals surface area contributed by atoms with E-state index in [9.17, 15) is 14.9 Å². The van der Waals surface area contributed by atoms with Gasteiger partial charge >= 0.3 is 0 Å². The van der Waals surface area contributed by atoms with Crippen LogP contribution in [-0.4, -0.2) is 35.4 Å². The van der Waals surface area contributed by atoms with Crippen molar-refractivity contribution in [3.8, 4) is 0 Å². The first-order chi connectivity index (χ1) is 11.1. The topological polar surface area (TPSA) is 85.8 Å². The second-order valence-electron chi connectivity index (χ2n) is 5.05. The van der Waals surface area contributed by atoms with Gasteiger partial charge in [0.25, 0.3) is 11.6 Å². The Labute approximate surface area is 136 Å². The van der Waals surface area contributed by atoms with Crippen LogP contribution in [0.4, 0.5) is 5.69 Å². The van der Waals surface area contributed by atoms with E-state index >= 15 is 0 Å². The van der Waals surface area contributed by atoms with Crippen LogP contribution in [-0.2, 0) is 4.74 Å². The molecule has 1 atom stereocenters. The summed E-state index contributed by atoms with van der Waals surface area (Å²) in [6.45, 7) is 1.17. The largest absolute Gasteiger partial charge is 0.467 e. The van der Waals surface area contributed by atoms with Crippen molar-refractivity contribution >= 4 is 23.2 Å². The number of amides is 1. The van der Waals surface area contributed by atoms with E-state index in [1.165, 1.54) is 18.2 Å². The molecule has 1 unspecified atom stereocenters. The molecule has 8 heteroatoms. The molecule has 1 fully saturated rings. The van der Waals surface area contributed by atoms with E-state index in [0.717, 1.165) is 0 Å². The molecule has 1 aliphatic rings. The van der Waals surface area contributed by atoms with Gasteiger partial charge in [-0.25, -0.2) is 0 Å². The number of hydrogen-bond donors (Lipinski definition) is 0. The lowest BCUT2D eigenvalue weighted by Gasteiger charge is -2.32. The number of carbonyl (C=O) groups is 1. The summed E-state index contributed by atoms with van der Waals surface area (Å²) < 4.78 is 10.9. The number of furan rings is 1. The molecule has 2 heterocycles. The lowest BCUT2D eigenvalue weighted by atomic mass is 10.1. The van der Waals surface area contributed by atoms with Gasteiger partial charge in [-0.3, -0.25) is 14.9 Å². The summed E-state index contributed by atoms with van der Waals surface area (Å²) in [5.41, 5.74) is 0.0827. The average molecular weight is 337 g/mol. The van der Waals surface area contributed by atoms with Crippen LogP contribution in [0.15, 0.2) is 41.0 Å². The normalized spacial score (nSPS) is 18.0. The van der Waals surface area contributed by atoms with Gasteiger partial charge in [-0.2, -0.15) is 0 Å². The second-order valence-corrected chi connectivity index (χ2v) is 5.46. The SMILES string of the molecule is O=C(c1ccc([N+](=O)[O-])c(Cl)c1)N1CCOC(c2ccco2)C1. The summed E-state index contributed by atoms with van der Waals surface area (Å²) in [6, 6.07) is 7.51. The van der Waals surface area contributed by atoms with Gasteiger partial charge in [0.2, 0.25) is 0 Å². The molecule has 3 rings (SSSR count). The van der Waals surface area contributed by atoms with E-state index in [2.05, 4.69) is 0 Å². The molecule has 1 amide bonds. The van der Waals surface area contributed by atoms with Crippen molar-refractivity contribution in [2.75, 3.05) is 19.7 Å². The van der Waals surface area contributed by atoms with Crippen LogP contribution in [0.1, 0.15) is 22.2 Å². The van der Waals surface area contributed by atoms with Crippen LogP contribution in [0.25, 0.3) is 0 Å². The summed E-state index contributed by atoms with van der Waals surface area (Å²) in [6.07, 6.45) is 1.23. The molecule has 1 aliphatic heterocycles. The van der Waals surface area contributed by atoms with Crippen molar-refractivity contribution < 1.29 is 18.9 Å². The van der Waals surface area contributed by atoms with Crippen LogP contribution >= 0.6 is 11.6 Å². The van der Waals surface area contributed by atoms with Crippen molar-refractivity contribution in [1.29, 1.82) is 0 Å². The van der Waals surface area contributed by atoms with E-state index < -0.39 is 4.92 Å². The molecule has 7 nitrogen and oxygen atoms in total. The van der Waals surface area contributed by atoms with Crippen LogP contribution in [0, 0.1) is 10.1 Å². The number of rotatable bonds is 3. The van der Waals surface area contributed by atoms with Crippen LogP contribution in [0.5, 0.6) is 0 Å². The Bertz CT molecular complexity index is 731. The van der Waals surface area contributed by atoms with Crippen molar-refractivity contribution in [1.82, 2.24) is 4.90 Å². The molecule has 23 heavy (non-hydrogen) atoms. The zero-order chi connectivity index (χ0) is 16.4. The quantitative estimate of drug-likeness (QED) is 0.635. The van der Waals surface area contributed by atoms with Crippen molar-refractivity contribution in [2.45, 2.75) is 6.10 Å². The number of nitro groups is 1. The second kappa shape index (κ2) is 6.39. The van der Waals surface area contributed by atoms with E-state index in [1.807, 2.05) is 0 Å². The van der Waals surface area contributed by atoms with Crippen molar-refractivity contribution in [3.63, 3.8) is 0 Å². The average Bonchev–Trinajstić information content (AvgIpc) is 3.08. The summed E-state index contributed by atoms with van der Waals surface area (Å²) in [5.74, 6) is 0.408. The fraction of sp³-hybridized carbons (Fsp3) is 0.267. The minimum atomic E-state index is -0.585. The van der Waals surface area contributed by atoms with Gasteiger partial charge < -0.3 is 14.1 Å². The number of nitrogens with zero attached hydrogens (tertiary/aromatic N) is 2. The Hall–Kier alpha value is -2.38. The van der Waals surface area contributed by atoms with Gasteiger partial charge in [-0.05, 0) is 24.3 Å². The van der Waals surface area contributed by atoms with Crippen LogP contribution in [0.3, 0.4) is 0 Å². The van der Waals surface area contributed by atoms with Gasteiger partial charge in [-0.15, -0.1) is 0 Å². The van der Waals surface area contributed by atoms with E-state index in [0.29, 0.717) is 31.0 Å². The standard InChI is InChI=1S/C15H13ClN2O5/c16-11-8-10(3-4-12(11)18(20)21)15(19)17-5-7-23-14(9-17)13-2-1-6-22-13/h1-4,6,8,14H,5,7,9H2. The number of carbonyl (C=O) groups excluding carboxylic acids is 1.